The summed E-state index contributed by atoms with van der Waals surface area (Å²) in [6.45, 7) is 5.60. The second-order valence-electron chi connectivity index (χ2n) is 6.82. The molecule has 2 N–H and O–H groups in total. The molecule has 0 aromatic heterocycles. The van der Waals surface area contributed by atoms with Gasteiger partial charge in [0.2, 0.25) is 0 Å². The van der Waals surface area contributed by atoms with Crippen molar-refractivity contribution in [3.63, 3.8) is 0 Å². The molecule has 0 atom stereocenters. The second kappa shape index (κ2) is 5.80. The number of hydrogen-bond donors (Lipinski definition) is 1. The number of hydrogen-bond acceptors (Lipinski definition) is 5. The van der Waals surface area contributed by atoms with Crippen molar-refractivity contribution in [2.24, 2.45) is 5.73 Å². The van der Waals surface area contributed by atoms with E-state index in [0.717, 1.165) is 5.56 Å². The topological polar surface area (TPSA) is 70.8 Å². The van der Waals surface area contributed by atoms with Gasteiger partial charge in [0.15, 0.2) is 11.5 Å². The van der Waals surface area contributed by atoms with E-state index in [1.54, 1.807) is 14.2 Å². The van der Waals surface area contributed by atoms with Gasteiger partial charge in [-0.25, -0.2) is 0 Å². The molecular weight excluding hydrogens is 282 g/mol. The Morgan fingerprint density at radius 3 is 2.23 bits per heavy atom. The maximum absolute atomic E-state index is 12.7. The Kier molecular flexibility index (Phi) is 4.38. The third kappa shape index (κ3) is 3.04. The summed E-state index contributed by atoms with van der Waals surface area (Å²) in [4.78, 5) is 12.7. The molecule has 2 rings (SSSR count). The normalized spacial score (nSPS) is 24.4. The van der Waals surface area contributed by atoms with Crippen LogP contribution in [0, 0.1) is 0 Å². The van der Waals surface area contributed by atoms with Gasteiger partial charge in [0, 0.05) is 6.04 Å². The van der Waals surface area contributed by atoms with Gasteiger partial charge < -0.3 is 19.9 Å². The fourth-order valence-electron chi connectivity index (χ4n) is 2.87. The maximum atomic E-state index is 12.7. The lowest BCUT2D eigenvalue weighted by atomic mass is 9.61. The Morgan fingerprint density at radius 2 is 1.77 bits per heavy atom. The summed E-state index contributed by atoms with van der Waals surface area (Å²) in [7, 11) is 3.16. The molecule has 0 bridgehead atoms. The molecule has 0 saturated heterocycles. The lowest BCUT2D eigenvalue weighted by Gasteiger charge is -2.45. The van der Waals surface area contributed by atoms with Crippen molar-refractivity contribution in [1.82, 2.24) is 0 Å². The summed E-state index contributed by atoms with van der Waals surface area (Å²) in [6, 6.07) is 5.55. The van der Waals surface area contributed by atoms with Crippen LogP contribution in [0.5, 0.6) is 11.5 Å². The van der Waals surface area contributed by atoms with Crippen molar-refractivity contribution in [2.45, 2.75) is 50.7 Å². The first-order chi connectivity index (χ1) is 10.2. The van der Waals surface area contributed by atoms with E-state index < -0.39 is 11.0 Å². The third-order valence-electron chi connectivity index (χ3n) is 3.95. The van der Waals surface area contributed by atoms with Crippen LogP contribution in [0.1, 0.15) is 39.2 Å². The highest BCUT2D eigenvalue weighted by molar-refractivity contribution is 5.85. The monoisotopic (exact) mass is 307 g/mol. The molecule has 122 valence electrons. The first-order valence-electron chi connectivity index (χ1n) is 7.43. The van der Waals surface area contributed by atoms with Gasteiger partial charge in [-0.1, -0.05) is 6.07 Å². The standard InChI is InChI=1S/C17H25NO4/c1-16(2,3)22-15(19)17(9-12(18)10-17)11-6-7-13(20-4)14(8-11)21-5/h6-8,12H,9-10,18H2,1-5H3. The number of carbonyl (C=O) groups excluding carboxylic acids is 1. The van der Waals surface area contributed by atoms with Gasteiger partial charge in [0.05, 0.1) is 19.6 Å². The number of benzene rings is 1. The van der Waals surface area contributed by atoms with Gasteiger partial charge in [-0.3, -0.25) is 4.79 Å². The van der Waals surface area contributed by atoms with Crippen LogP contribution in [0.2, 0.25) is 0 Å². The average Bonchev–Trinajstić information content (AvgIpc) is 2.40. The zero-order valence-corrected chi connectivity index (χ0v) is 13.9. The van der Waals surface area contributed by atoms with Crippen LogP contribution in [-0.4, -0.2) is 31.8 Å². The first-order valence-corrected chi connectivity index (χ1v) is 7.43. The number of nitrogens with two attached hydrogens (primary N) is 1. The lowest BCUT2D eigenvalue weighted by Crippen LogP contribution is -2.55. The molecule has 0 radical (unpaired) electrons. The number of carbonyl (C=O) groups is 1. The van der Waals surface area contributed by atoms with Gasteiger partial charge in [-0.15, -0.1) is 0 Å². The number of ether oxygens (including phenoxy) is 3. The van der Waals surface area contributed by atoms with Crippen LogP contribution in [0.3, 0.4) is 0 Å². The lowest BCUT2D eigenvalue weighted by molar-refractivity contribution is -0.166. The van der Waals surface area contributed by atoms with Crippen LogP contribution in [-0.2, 0) is 14.9 Å². The fourth-order valence-corrected chi connectivity index (χ4v) is 2.87. The van der Waals surface area contributed by atoms with Crippen molar-refractivity contribution >= 4 is 5.97 Å². The van der Waals surface area contributed by atoms with E-state index in [1.807, 2.05) is 39.0 Å². The van der Waals surface area contributed by atoms with Crippen molar-refractivity contribution in [3.8, 4) is 11.5 Å². The van der Waals surface area contributed by atoms with Crippen molar-refractivity contribution < 1.29 is 19.0 Å². The molecule has 1 aromatic rings. The molecule has 0 unspecified atom stereocenters. The SMILES string of the molecule is COc1ccc(C2(C(=O)OC(C)(C)C)CC(N)C2)cc1OC. The minimum absolute atomic E-state index is 0.0145. The Hall–Kier alpha value is -1.75. The van der Waals surface area contributed by atoms with Gasteiger partial charge in [-0.2, -0.15) is 0 Å². The zero-order valence-electron chi connectivity index (χ0n) is 13.9. The summed E-state index contributed by atoms with van der Waals surface area (Å²) < 4.78 is 16.2. The highest BCUT2D eigenvalue weighted by atomic mass is 16.6. The van der Waals surface area contributed by atoms with E-state index in [0.29, 0.717) is 24.3 Å². The molecule has 1 saturated carbocycles. The van der Waals surface area contributed by atoms with Gasteiger partial charge >= 0.3 is 5.97 Å². The van der Waals surface area contributed by atoms with Crippen molar-refractivity contribution in [1.29, 1.82) is 0 Å². The Bertz CT molecular complexity index is 556. The molecule has 1 aliphatic carbocycles. The van der Waals surface area contributed by atoms with Crippen LogP contribution >= 0.6 is 0 Å². The van der Waals surface area contributed by atoms with E-state index in [2.05, 4.69) is 0 Å². The van der Waals surface area contributed by atoms with Crippen LogP contribution in [0.4, 0.5) is 0 Å². The third-order valence-corrected chi connectivity index (χ3v) is 3.95. The second-order valence-corrected chi connectivity index (χ2v) is 6.82. The smallest absolute Gasteiger partial charge is 0.317 e. The zero-order chi connectivity index (χ0) is 16.5. The minimum atomic E-state index is -0.688. The summed E-state index contributed by atoms with van der Waals surface area (Å²) in [5.74, 6) is 1.01. The fraction of sp³-hybridized carbons (Fsp3) is 0.588. The molecular formula is C17H25NO4. The highest BCUT2D eigenvalue weighted by Crippen LogP contribution is 2.46. The Balaban J connectivity index is 2.38. The molecule has 1 fully saturated rings. The summed E-state index contributed by atoms with van der Waals surface area (Å²) in [6.07, 6.45) is 1.16. The molecule has 0 amide bonds. The average molecular weight is 307 g/mol. The van der Waals surface area contributed by atoms with Crippen molar-refractivity contribution in [3.05, 3.63) is 23.8 Å². The van der Waals surface area contributed by atoms with Crippen LogP contribution in [0.15, 0.2) is 18.2 Å². The molecule has 22 heavy (non-hydrogen) atoms. The minimum Gasteiger partial charge on any atom is -0.493 e. The predicted molar refractivity (Wildman–Crippen MR) is 84.3 cm³/mol. The maximum Gasteiger partial charge on any atom is 0.317 e. The molecule has 5 heteroatoms. The van der Waals surface area contributed by atoms with E-state index in [4.69, 9.17) is 19.9 Å². The van der Waals surface area contributed by atoms with E-state index >= 15 is 0 Å². The molecule has 1 aromatic carbocycles. The first kappa shape index (κ1) is 16.6. The molecule has 0 spiro atoms. The number of methoxy groups -OCH3 is 2. The quantitative estimate of drug-likeness (QED) is 0.865. The molecule has 5 nitrogen and oxygen atoms in total. The Labute approximate surface area is 131 Å². The summed E-state index contributed by atoms with van der Waals surface area (Å²) in [5.41, 5.74) is 5.60. The summed E-state index contributed by atoms with van der Waals surface area (Å²) in [5, 5.41) is 0. The highest BCUT2D eigenvalue weighted by Gasteiger charge is 2.52. The predicted octanol–water partition coefficient (Wildman–Crippen LogP) is 2.40. The van der Waals surface area contributed by atoms with E-state index in [-0.39, 0.29) is 12.0 Å². The molecule has 0 heterocycles. The van der Waals surface area contributed by atoms with Crippen molar-refractivity contribution in [2.75, 3.05) is 14.2 Å². The van der Waals surface area contributed by atoms with E-state index in [9.17, 15) is 4.79 Å². The van der Waals surface area contributed by atoms with Crippen LogP contribution in [0.25, 0.3) is 0 Å². The molecule has 1 aliphatic rings. The van der Waals surface area contributed by atoms with E-state index in [1.165, 1.54) is 0 Å². The summed E-state index contributed by atoms with van der Waals surface area (Å²) >= 11 is 0. The number of rotatable bonds is 4. The number of esters is 1. The molecule has 0 aliphatic heterocycles. The largest absolute Gasteiger partial charge is 0.493 e. The van der Waals surface area contributed by atoms with Crippen LogP contribution < -0.4 is 15.2 Å². The van der Waals surface area contributed by atoms with Gasteiger partial charge in [-0.05, 0) is 51.3 Å². The van der Waals surface area contributed by atoms with Gasteiger partial charge in [0.1, 0.15) is 5.60 Å². The Morgan fingerprint density at radius 1 is 1.18 bits per heavy atom. The van der Waals surface area contributed by atoms with Gasteiger partial charge in [0.25, 0.3) is 0 Å².